The monoisotopic (exact) mass is 1300 g/mol. The van der Waals surface area contributed by atoms with Crippen LogP contribution in [-0.4, -0.2) is 146 Å². The minimum atomic E-state index is -3.57. The quantitative estimate of drug-likeness (QED) is 0.0915. The molecule has 0 spiro atoms. The molecule has 1 saturated carbocycles. The van der Waals surface area contributed by atoms with Gasteiger partial charge in [-0.2, -0.15) is 0 Å². The summed E-state index contributed by atoms with van der Waals surface area (Å²) in [7, 11) is -10.5. The topological polar surface area (TPSA) is 241 Å². The van der Waals surface area contributed by atoms with E-state index in [1.807, 2.05) is 0 Å². The average Bonchev–Trinajstić information content (AvgIpc) is 2.05. The summed E-state index contributed by atoms with van der Waals surface area (Å²) < 4.78 is 193. The third kappa shape index (κ3) is 18.4. The fourth-order valence-electron chi connectivity index (χ4n) is 12.1. The Morgan fingerprint density at radius 3 is 1.07 bits per heavy atom. The molecule has 5 fully saturated rings. The number of carbonyl (C=O) groups is 3. The lowest BCUT2D eigenvalue weighted by molar-refractivity contribution is -0.134. The zero-order valence-corrected chi connectivity index (χ0v) is 52.5. The van der Waals surface area contributed by atoms with Gasteiger partial charge in [0.05, 0.1) is 14.7 Å². The first-order valence-corrected chi connectivity index (χ1v) is 34.5. The number of nitrogens with zero attached hydrogens (tertiary/aromatic N) is 3. The molecule has 5 aliphatic rings. The first kappa shape index (κ1) is 71.2. The standard InChI is InChI=1S/C21H29F3N2O3S.C20H27F3N2O3S.C19H27F3N2O3S/c1-21(2,3)30(28,29)11-20(27)26-14-4-5-15(26)7-13(6-14)19(25)9-12-8-17(23)18(24)10-16(12)22;21-16-11-18(23)17(22)9-14(16)10-19(24)13-5-7-25(8-6-13)20(26)12-29(27,28)15-3-1-2-4-15;1-19(2,3)28(26,27)11-18(25)24-6-4-12(5-7-24)17(23)9-13-8-15(21)16(22)10-14(13)20/h8,10,13-15,19H,4-7,9,11,25H2,1-3H3;9,11,13,15,19H,1-8,10,12,24H2;8,10,12,17H,4-7,9,11,23H2,1-3H3/t13?,14-,15+,19-;19-;17-/m111/s1. The fourth-order valence-corrected chi connectivity index (χ4v) is 15.8. The number of halogens is 9. The van der Waals surface area contributed by atoms with Gasteiger partial charge in [-0.1, -0.05) is 12.8 Å². The van der Waals surface area contributed by atoms with Crippen LogP contribution in [-0.2, 0) is 63.2 Å². The maximum absolute atomic E-state index is 14.0. The summed E-state index contributed by atoms with van der Waals surface area (Å²) in [5.74, 6) is -12.3. The predicted molar refractivity (Wildman–Crippen MR) is 312 cm³/mol. The number of benzene rings is 3. The van der Waals surface area contributed by atoms with Gasteiger partial charge >= 0.3 is 0 Å². The van der Waals surface area contributed by atoms with Crippen LogP contribution in [0.5, 0.6) is 0 Å². The second-order valence-electron chi connectivity index (χ2n) is 26.0. The van der Waals surface area contributed by atoms with Crippen molar-refractivity contribution in [2.75, 3.05) is 43.4 Å². The Bertz CT molecular complexity index is 3280. The largest absolute Gasteiger partial charge is 0.342 e. The van der Waals surface area contributed by atoms with Crippen molar-refractivity contribution in [3.63, 3.8) is 0 Å². The minimum Gasteiger partial charge on any atom is -0.342 e. The molecule has 15 nitrogen and oxygen atoms in total. The van der Waals surface area contributed by atoms with Crippen LogP contribution in [0.3, 0.4) is 0 Å². The summed E-state index contributed by atoms with van der Waals surface area (Å²) in [4.78, 5) is 42.3. The fraction of sp³-hybridized carbons (Fsp3) is 0.650. The number of rotatable bonds is 16. The van der Waals surface area contributed by atoms with E-state index in [1.165, 1.54) is 4.90 Å². The van der Waals surface area contributed by atoms with Gasteiger partial charge in [-0.3, -0.25) is 14.4 Å². The molecule has 3 aromatic carbocycles. The lowest BCUT2D eigenvalue weighted by Crippen LogP contribution is -2.52. The highest BCUT2D eigenvalue weighted by molar-refractivity contribution is 7.93. The SMILES string of the molecule is CC(C)(C)S(=O)(=O)CC(=O)N1CCC([C@H](N)Cc2cc(F)c(F)cc2F)CC1.CC(C)(C)S(=O)(=O)CC(=O)N1[C@@H]2CC[C@H]1CC([C@H](N)Cc1cc(F)c(F)cc1F)C2.N[C@H](Cc1cc(F)c(F)cc1F)C1CCN(C(=O)CS(=O)(=O)C2CCCC2)CC1. The molecule has 4 aliphatic heterocycles. The normalized spacial score (nSPS) is 21.2. The number of fused-ring (bicyclic) bond motifs is 2. The van der Waals surface area contributed by atoms with Gasteiger partial charge in [-0.25, -0.2) is 64.8 Å². The highest BCUT2D eigenvalue weighted by Crippen LogP contribution is 2.41. The summed E-state index contributed by atoms with van der Waals surface area (Å²) in [5, 5.41) is -0.400. The van der Waals surface area contributed by atoms with E-state index >= 15 is 0 Å². The van der Waals surface area contributed by atoms with Crippen molar-refractivity contribution in [1.29, 1.82) is 0 Å². The molecule has 6 atom stereocenters. The van der Waals surface area contributed by atoms with Gasteiger partial charge in [0.2, 0.25) is 17.7 Å². The van der Waals surface area contributed by atoms with Crippen molar-refractivity contribution in [3.05, 3.63) is 105 Å². The Labute approximate surface area is 505 Å². The predicted octanol–water partition coefficient (Wildman–Crippen LogP) is 7.95. The zero-order chi connectivity index (χ0) is 64.9. The van der Waals surface area contributed by atoms with Crippen LogP contribution >= 0.6 is 0 Å². The van der Waals surface area contributed by atoms with Crippen LogP contribution in [0, 0.1) is 70.1 Å². The number of hydrogen-bond donors (Lipinski definition) is 3. The van der Waals surface area contributed by atoms with E-state index in [9.17, 15) is 79.2 Å². The number of hydrogen-bond acceptors (Lipinski definition) is 12. The molecule has 4 heterocycles. The first-order valence-electron chi connectivity index (χ1n) is 29.5. The number of amides is 3. The third-order valence-electron chi connectivity index (χ3n) is 17.9. The van der Waals surface area contributed by atoms with E-state index in [-0.39, 0.29) is 77.6 Å². The van der Waals surface area contributed by atoms with E-state index in [0.717, 1.165) is 43.9 Å². The average molecular weight is 1300 g/mol. The molecule has 1 unspecified atom stereocenters. The molecule has 0 radical (unpaired) electrons. The first-order chi connectivity index (χ1) is 40.3. The molecule has 3 amide bonds. The highest BCUT2D eigenvalue weighted by atomic mass is 32.2. The molecule has 3 aromatic rings. The summed E-state index contributed by atoms with van der Waals surface area (Å²) in [6.07, 6.45) is 8.14. The van der Waals surface area contributed by atoms with Crippen molar-refractivity contribution < 1.29 is 79.2 Å². The number of piperidine rings is 3. The van der Waals surface area contributed by atoms with E-state index in [2.05, 4.69) is 0 Å². The molecular formula is C60H83F9N6O9S3. The Balaban J connectivity index is 0.000000209. The van der Waals surface area contributed by atoms with Gasteiger partial charge < -0.3 is 31.9 Å². The van der Waals surface area contributed by atoms with Crippen molar-refractivity contribution >= 4 is 47.2 Å². The van der Waals surface area contributed by atoms with Gasteiger partial charge in [0, 0.05) is 74.6 Å². The Kier molecular flexibility index (Phi) is 23.7. The molecule has 488 valence electrons. The summed E-state index contributed by atoms with van der Waals surface area (Å²) in [6, 6.07) is 2.43. The van der Waals surface area contributed by atoms with Crippen molar-refractivity contribution in [3.8, 4) is 0 Å². The van der Waals surface area contributed by atoms with Gasteiger partial charge in [0.1, 0.15) is 34.7 Å². The Hall–Kier alpha value is -4.83. The van der Waals surface area contributed by atoms with Crippen LogP contribution in [0.1, 0.15) is 135 Å². The number of nitrogens with two attached hydrogens (primary N) is 3. The second kappa shape index (κ2) is 29.0. The Morgan fingerprint density at radius 2 is 0.736 bits per heavy atom. The number of likely N-dealkylation sites (tertiary alicyclic amines) is 2. The second-order valence-corrected chi connectivity index (χ2v) is 33.8. The van der Waals surface area contributed by atoms with Crippen LogP contribution in [0.2, 0.25) is 0 Å². The molecule has 2 bridgehead atoms. The van der Waals surface area contributed by atoms with Crippen molar-refractivity contribution in [2.45, 2.75) is 183 Å². The van der Waals surface area contributed by atoms with Gasteiger partial charge in [-0.05, 0) is 178 Å². The number of sulfone groups is 3. The van der Waals surface area contributed by atoms with Crippen LogP contribution < -0.4 is 17.2 Å². The maximum atomic E-state index is 14.0. The maximum Gasteiger partial charge on any atom is 0.238 e. The summed E-state index contributed by atoms with van der Waals surface area (Å²) in [5.41, 5.74) is 18.7. The van der Waals surface area contributed by atoms with E-state index in [1.54, 1.807) is 51.3 Å². The molecule has 4 saturated heterocycles. The van der Waals surface area contributed by atoms with E-state index in [4.69, 9.17) is 17.2 Å². The highest BCUT2D eigenvalue weighted by Gasteiger charge is 2.46. The molecular weight excluding hydrogens is 1220 g/mol. The lowest BCUT2D eigenvalue weighted by atomic mass is 9.82. The summed E-state index contributed by atoms with van der Waals surface area (Å²) in [6.45, 7) is 10.9. The zero-order valence-electron chi connectivity index (χ0n) is 50.1. The van der Waals surface area contributed by atoms with Crippen LogP contribution in [0.4, 0.5) is 39.5 Å². The summed E-state index contributed by atoms with van der Waals surface area (Å²) >= 11 is 0. The van der Waals surface area contributed by atoms with Gasteiger partial charge in [-0.15, -0.1) is 0 Å². The lowest BCUT2D eigenvalue weighted by Gasteiger charge is -2.41. The molecule has 6 N–H and O–H groups in total. The molecule has 87 heavy (non-hydrogen) atoms. The van der Waals surface area contributed by atoms with Crippen molar-refractivity contribution in [1.82, 2.24) is 14.7 Å². The molecule has 1 aliphatic carbocycles. The smallest absolute Gasteiger partial charge is 0.238 e. The molecule has 8 rings (SSSR count). The molecule has 0 aromatic heterocycles. The minimum absolute atomic E-state index is 0.0150. The molecule has 27 heteroatoms. The van der Waals surface area contributed by atoms with Crippen LogP contribution in [0.15, 0.2) is 36.4 Å². The third-order valence-corrected chi connectivity index (χ3v) is 25.0. The van der Waals surface area contributed by atoms with E-state index < -0.39 is 138 Å². The van der Waals surface area contributed by atoms with E-state index in [0.29, 0.717) is 95.7 Å². The van der Waals surface area contributed by atoms with Gasteiger partial charge in [0.25, 0.3) is 0 Å². The Morgan fingerprint density at radius 1 is 0.437 bits per heavy atom. The van der Waals surface area contributed by atoms with Crippen LogP contribution in [0.25, 0.3) is 0 Å². The van der Waals surface area contributed by atoms with Gasteiger partial charge in [0.15, 0.2) is 64.4 Å². The van der Waals surface area contributed by atoms with Crippen molar-refractivity contribution in [2.24, 2.45) is 35.0 Å². The number of carbonyl (C=O) groups excluding carboxylic acids is 3.